The summed E-state index contributed by atoms with van der Waals surface area (Å²) in [5.41, 5.74) is 0. The average Bonchev–Trinajstić information content (AvgIpc) is 2.88. The second-order valence-corrected chi connectivity index (χ2v) is 4.67. The fourth-order valence-corrected chi connectivity index (χ4v) is 2.45. The maximum absolute atomic E-state index is 11.9. The highest BCUT2D eigenvalue weighted by atomic mass is 32.1. The van der Waals surface area contributed by atoms with E-state index in [0.717, 1.165) is 18.0 Å². The van der Waals surface area contributed by atoms with Crippen molar-refractivity contribution in [3.8, 4) is 0 Å². The lowest BCUT2D eigenvalue weighted by Crippen LogP contribution is -2.50. The number of thiophene rings is 1. The van der Waals surface area contributed by atoms with Crippen molar-refractivity contribution < 1.29 is 4.79 Å². The second-order valence-electron chi connectivity index (χ2n) is 3.72. The van der Waals surface area contributed by atoms with Crippen LogP contribution in [0.2, 0.25) is 0 Å². The zero-order valence-corrected chi connectivity index (χ0v) is 9.30. The standard InChI is InChI=1S/C10H10N4OS/c15-10(9-2-1-5-16-9)13-6-8(7-13)14-4-3-11-12-14/h1-5,8H,6-7H2. The van der Waals surface area contributed by atoms with Crippen LogP contribution in [0.15, 0.2) is 29.9 Å². The minimum Gasteiger partial charge on any atom is -0.334 e. The molecule has 0 aliphatic carbocycles. The Labute approximate surface area is 96.3 Å². The first kappa shape index (κ1) is 9.53. The maximum atomic E-state index is 11.9. The first-order valence-corrected chi connectivity index (χ1v) is 5.91. The van der Waals surface area contributed by atoms with Crippen LogP contribution in [0.3, 0.4) is 0 Å². The first-order valence-electron chi connectivity index (χ1n) is 5.03. The van der Waals surface area contributed by atoms with Gasteiger partial charge in [0.15, 0.2) is 0 Å². The van der Waals surface area contributed by atoms with Gasteiger partial charge in [-0.2, -0.15) is 0 Å². The highest BCUT2D eigenvalue weighted by Crippen LogP contribution is 2.23. The third-order valence-electron chi connectivity index (χ3n) is 2.70. The molecule has 1 fully saturated rings. The molecule has 16 heavy (non-hydrogen) atoms. The maximum Gasteiger partial charge on any atom is 0.264 e. The molecule has 0 radical (unpaired) electrons. The largest absolute Gasteiger partial charge is 0.334 e. The summed E-state index contributed by atoms with van der Waals surface area (Å²) in [6, 6.07) is 4.04. The number of carbonyl (C=O) groups is 1. The van der Waals surface area contributed by atoms with Crippen LogP contribution in [-0.2, 0) is 0 Å². The molecule has 0 spiro atoms. The number of amides is 1. The predicted molar refractivity (Wildman–Crippen MR) is 59.3 cm³/mol. The minimum absolute atomic E-state index is 0.117. The summed E-state index contributed by atoms with van der Waals surface area (Å²) in [5.74, 6) is 0.117. The molecule has 1 aliphatic heterocycles. The van der Waals surface area contributed by atoms with E-state index < -0.39 is 0 Å². The Morgan fingerprint density at radius 3 is 3.00 bits per heavy atom. The Balaban J connectivity index is 1.64. The van der Waals surface area contributed by atoms with E-state index in [0.29, 0.717) is 0 Å². The molecule has 3 rings (SSSR count). The van der Waals surface area contributed by atoms with Gasteiger partial charge in [0.25, 0.3) is 5.91 Å². The molecule has 0 aromatic carbocycles. The van der Waals surface area contributed by atoms with E-state index in [1.165, 1.54) is 11.3 Å². The Kier molecular flexibility index (Phi) is 2.21. The number of hydrogen-bond acceptors (Lipinski definition) is 4. The monoisotopic (exact) mass is 234 g/mol. The lowest BCUT2D eigenvalue weighted by Gasteiger charge is -2.38. The molecule has 1 amide bonds. The molecule has 5 nitrogen and oxygen atoms in total. The number of carbonyl (C=O) groups excluding carboxylic acids is 1. The van der Waals surface area contributed by atoms with Crippen LogP contribution in [0.5, 0.6) is 0 Å². The van der Waals surface area contributed by atoms with E-state index in [4.69, 9.17) is 0 Å². The van der Waals surface area contributed by atoms with Crippen LogP contribution in [0.4, 0.5) is 0 Å². The molecule has 0 unspecified atom stereocenters. The third-order valence-corrected chi connectivity index (χ3v) is 3.55. The van der Waals surface area contributed by atoms with Gasteiger partial charge in [-0.15, -0.1) is 16.4 Å². The van der Waals surface area contributed by atoms with Gasteiger partial charge in [0.05, 0.1) is 17.1 Å². The van der Waals surface area contributed by atoms with Gasteiger partial charge in [0.1, 0.15) is 0 Å². The van der Waals surface area contributed by atoms with Crippen molar-refractivity contribution in [1.29, 1.82) is 0 Å². The topological polar surface area (TPSA) is 51.0 Å². The van der Waals surface area contributed by atoms with Crippen molar-refractivity contribution in [1.82, 2.24) is 19.9 Å². The Hall–Kier alpha value is -1.69. The van der Waals surface area contributed by atoms with Crippen molar-refractivity contribution in [2.45, 2.75) is 6.04 Å². The van der Waals surface area contributed by atoms with Crippen molar-refractivity contribution >= 4 is 17.2 Å². The van der Waals surface area contributed by atoms with Gasteiger partial charge in [-0.1, -0.05) is 11.3 Å². The molecule has 2 aromatic heterocycles. The van der Waals surface area contributed by atoms with Gasteiger partial charge in [-0.25, -0.2) is 4.68 Å². The van der Waals surface area contributed by atoms with E-state index in [-0.39, 0.29) is 11.9 Å². The summed E-state index contributed by atoms with van der Waals surface area (Å²) < 4.78 is 1.80. The van der Waals surface area contributed by atoms with Crippen molar-refractivity contribution in [2.24, 2.45) is 0 Å². The smallest absolute Gasteiger partial charge is 0.264 e. The summed E-state index contributed by atoms with van der Waals surface area (Å²) in [5, 5.41) is 9.60. The summed E-state index contributed by atoms with van der Waals surface area (Å²) in [6.07, 6.45) is 3.49. The summed E-state index contributed by atoms with van der Waals surface area (Å²) in [6.45, 7) is 1.44. The van der Waals surface area contributed by atoms with E-state index in [9.17, 15) is 4.79 Å². The fourth-order valence-electron chi connectivity index (χ4n) is 1.76. The first-order chi connectivity index (χ1) is 7.84. The van der Waals surface area contributed by atoms with Crippen LogP contribution in [0, 0.1) is 0 Å². The number of rotatable bonds is 2. The molecule has 1 aliphatic rings. The second kappa shape index (κ2) is 3.71. The Morgan fingerprint density at radius 1 is 1.50 bits per heavy atom. The summed E-state index contributed by atoms with van der Waals surface area (Å²) in [4.78, 5) is 14.5. The molecule has 0 atom stereocenters. The van der Waals surface area contributed by atoms with Gasteiger partial charge in [-0.3, -0.25) is 4.79 Å². The van der Waals surface area contributed by atoms with Crippen LogP contribution < -0.4 is 0 Å². The van der Waals surface area contributed by atoms with E-state index in [1.807, 2.05) is 28.6 Å². The van der Waals surface area contributed by atoms with Crippen molar-refractivity contribution in [2.75, 3.05) is 13.1 Å². The molecule has 0 saturated carbocycles. The predicted octanol–water partition coefficient (Wildman–Crippen LogP) is 1.04. The van der Waals surface area contributed by atoms with Gasteiger partial charge in [-0.05, 0) is 11.4 Å². The Bertz CT molecular complexity index is 473. The summed E-state index contributed by atoms with van der Waals surface area (Å²) >= 11 is 1.48. The lowest BCUT2D eigenvalue weighted by atomic mass is 10.1. The van der Waals surface area contributed by atoms with Crippen LogP contribution in [-0.4, -0.2) is 38.9 Å². The lowest BCUT2D eigenvalue weighted by molar-refractivity contribution is 0.0503. The molecule has 1 saturated heterocycles. The van der Waals surface area contributed by atoms with Crippen LogP contribution in [0.25, 0.3) is 0 Å². The molecule has 2 aromatic rings. The van der Waals surface area contributed by atoms with E-state index >= 15 is 0 Å². The number of nitrogens with zero attached hydrogens (tertiary/aromatic N) is 4. The quantitative estimate of drug-likeness (QED) is 0.780. The number of hydrogen-bond donors (Lipinski definition) is 0. The normalized spacial score (nSPS) is 16.1. The SMILES string of the molecule is O=C(c1cccs1)N1CC(n2ccnn2)C1. The highest BCUT2D eigenvalue weighted by molar-refractivity contribution is 7.12. The van der Waals surface area contributed by atoms with E-state index in [2.05, 4.69) is 10.3 Å². The summed E-state index contributed by atoms with van der Waals surface area (Å²) in [7, 11) is 0. The van der Waals surface area contributed by atoms with E-state index in [1.54, 1.807) is 10.9 Å². The van der Waals surface area contributed by atoms with Gasteiger partial charge in [0.2, 0.25) is 0 Å². The van der Waals surface area contributed by atoms with Gasteiger partial charge < -0.3 is 4.90 Å². The third kappa shape index (κ3) is 1.51. The van der Waals surface area contributed by atoms with Crippen molar-refractivity contribution in [3.63, 3.8) is 0 Å². The highest BCUT2D eigenvalue weighted by Gasteiger charge is 2.33. The Morgan fingerprint density at radius 2 is 2.38 bits per heavy atom. The van der Waals surface area contributed by atoms with Crippen molar-refractivity contribution in [3.05, 3.63) is 34.8 Å². The minimum atomic E-state index is 0.117. The molecule has 0 bridgehead atoms. The molecule has 82 valence electrons. The molecular weight excluding hydrogens is 224 g/mol. The van der Waals surface area contributed by atoms with Gasteiger partial charge >= 0.3 is 0 Å². The van der Waals surface area contributed by atoms with Crippen LogP contribution >= 0.6 is 11.3 Å². The average molecular weight is 234 g/mol. The molecule has 0 N–H and O–H groups in total. The van der Waals surface area contributed by atoms with Gasteiger partial charge in [0, 0.05) is 19.3 Å². The zero-order valence-electron chi connectivity index (χ0n) is 8.48. The molecule has 3 heterocycles. The number of aromatic nitrogens is 3. The fraction of sp³-hybridized carbons (Fsp3) is 0.300. The molecule has 6 heteroatoms. The number of likely N-dealkylation sites (tertiary alicyclic amines) is 1. The zero-order chi connectivity index (χ0) is 11.0. The molecular formula is C10H10N4OS. The van der Waals surface area contributed by atoms with Crippen LogP contribution in [0.1, 0.15) is 15.7 Å².